The van der Waals surface area contributed by atoms with Crippen LogP contribution < -0.4 is 5.56 Å². The first-order valence-electron chi connectivity index (χ1n) is 9.87. The standard InChI is InChI=1S/C22H19N5O3S/c1-14-4-5-15(11-24-14)19-9-18-21(20(26-19)16-3-2-7-23-10-16)25-13-27(22(18)28)17-6-8-31(29,30)12-17/h2-5,7,9-11,13,17H,6,8,12H2,1H3/t17-/m1/s1. The summed E-state index contributed by atoms with van der Waals surface area (Å²) in [4.78, 5) is 31.2. The van der Waals surface area contributed by atoms with Gasteiger partial charge in [-0.2, -0.15) is 0 Å². The van der Waals surface area contributed by atoms with E-state index in [9.17, 15) is 13.2 Å². The summed E-state index contributed by atoms with van der Waals surface area (Å²) in [5.74, 6) is 0.0368. The molecule has 0 saturated carbocycles. The maximum absolute atomic E-state index is 13.4. The van der Waals surface area contributed by atoms with Gasteiger partial charge in [0.25, 0.3) is 5.56 Å². The molecular formula is C22H19N5O3S. The van der Waals surface area contributed by atoms with E-state index in [-0.39, 0.29) is 17.1 Å². The summed E-state index contributed by atoms with van der Waals surface area (Å²) in [7, 11) is -3.14. The van der Waals surface area contributed by atoms with Gasteiger partial charge in [-0.15, -0.1) is 0 Å². The van der Waals surface area contributed by atoms with Crippen molar-refractivity contribution in [1.82, 2.24) is 24.5 Å². The van der Waals surface area contributed by atoms with E-state index < -0.39 is 15.9 Å². The number of nitrogens with zero attached hydrogens (tertiary/aromatic N) is 5. The third-order valence-electron chi connectivity index (χ3n) is 5.51. The van der Waals surface area contributed by atoms with Crippen LogP contribution in [0.25, 0.3) is 33.4 Å². The fraction of sp³-hybridized carbons (Fsp3) is 0.227. The van der Waals surface area contributed by atoms with Gasteiger partial charge in [0, 0.05) is 35.4 Å². The molecule has 1 aliphatic heterocycles. The SMILES string of the molecule is Cc1ccc(-c2cc3c(=O)n([C@@H]4CCS(=O)(=O)C4)cnc3c(-c3cccnc3)n2)cn1. The third-order valence-corrected chi connectivity index (χ3v) is 7.26. The second-order valence-electron chi connectivity index (χ2n) is 7.70. The first-order valence-corrected chi connectivity index (χ1v) is 11.7. The van der Waals surface area contributed by atoms with Crippen LogP contribution in [0.15, 0.2) is 60.0 Å². The number of pyridine rings is 3. The van der Waals surface area contributed by atoms with E-state index >= 15 is 0 Å². The molecule has 5 heterocycles. The van der Waals surface area contributed by atoms with Gasteiger partial charge in [0.2, 0.25) is 0 Å². The van der Waals surface area contributed by atoms with Gasteiger partial charge in [0.1, 0.15) is 5.52 Å². The molecule has 4 aromatic heterocycles. The molecule has 0 aliphatic carbocycles. The van der Waals surface area contributed by atoms with Gasteiger partial charge in [0.05, 0.1) is 40.6 Å². The zero-order chi connectivity index (χ0) is 21.6. The third kappa shape index (κ3) is 3.61. The molecule has 0 spiro atoms. The van der Waals surface area contributed by atoms with Crippen LogP contribution in [0.1, 0.15) is 18.2 Å². The molecule has 31 heavy (non-hydrogen) atoms. The number of sulfone groups is 1. The maximum Gasteiger partial charge on any atom is 0.261 e. The van der Waals surface area contributed by atoms with Crippen molar-refractivity contribution in [2.75, 3.05) is 11.5 Å². The minimum Gasteiger partial charge on any atom is -0.295 e. The maximum atomic E-state index is 13.4. The second kappa shape index (κ2) is 7.35. The fourth-order valence-electron chi connectivity index (χ4n) is 3.87. The summed E-state index contributed by atoms with van der Waals surface area (Å²) < 4.78 is 25.3. The Kier molecular flexibility index (Phi) is 4.62. The van der Waals surface area contributed by atoms with Crippen molar-refractivity contribution in [3.05, 3.63) is 71.3 Å². The minimum atomic E-state index is -3.14. The van der Waals surface area contributed by atoms with Crippen LogP contribution in [-0.4, -0.2) is 44.4 Å². The van der Waals surface area contributed by atoms with E-state index in [1.54, 1.807) is 30.7 Å². The van der Waals surface area contributed by atoms with Gasteiger partial charge < -0.3 is 0 Å². The van der Waals surface area contributed by atoms with Gasteiger partial charge in [-0.05, 0) is 43.7 Å². The molecule has 0 amide bonds. The first kappa shape index (κ1) is 19.5. The normalized spacial score (nSPS) is 17.8. The second-order valence-corrected chi connectivity index (χ2v) is 9.92. The average Bonchev–Trinajstić information content (AvgIpc) is 3.14. The van der Waals surface area contributed by atoms with E-state index in [1.807, 2.05) is 25.1 Å². The average molecular weight is 433 g/mol. The van der Waals surface area contributed by atoms with Crippen molar-refractivity contribution in [2.45, 2.75) is 19.4 Å². The summed E-state index contributed by atoms with van der Waals surface area (Å²) >= 11 is 0. The Morgan fingerprint density at radius 2 is 1.97 bits per heavy atom. The van der Waals surface area contributed by atoms with Gasteiger partial charge >= 0.3 is 0 Å². The highest BCUT2D eigenvalue weighted by atomic mass is 32.2. The summed E-state index contributed by atoms with van der Waals surface area (Å²) in [6.45, 7) is 1.90. The number of hydrogen-bond acceptors (Lipinski definition) is 7. The smallest absolute Gasteiger partial charge is 0.261 e. The van der Waals surface area contributed by atoms with E-state index in [0.717, 1.165) is 16.8 Å². The minimum absolute atomic E-state index is 0.0463. The molecule has 5 rings (SSSR count). The van der Waals surface area contributed by atoms with E-state index in [0.29, 0.717) is 28.7 Å². The predicted molar refractivity (Wildman–Crippen MR) is 117 cm³/mol. The van der Waals surface area contributed by atoms with E-state index in [4.69, 9.17) is 4.98 Å². The molecule has 1 aliphatic rings. The zero-order valence-electron chi connectivity index (χ0n) is 16.8. The molecule has 0 bridgehead atoms. The molecule has 8 nitrogen and oxygen atoms in total. The molecule has 0 aromatic carbocycles. The van der Waals surface area contributed by atoms with Gasteiger partial charge in [-0.25, -0.2) is 18.4 Å². The lowest BCUT2D eigenvalue weighted by atomic mass is 10.1. The van der Waals surface area contributed by atoms with Crippen LogP contribution in [0, 0.1) is 6.92 Å². The summed E-state index contributed by atoms with van der Waals surface area (Å²) in [5, 5.41) is 0.385. The lowest BCUT2D eigenvalue weighted by Gasteiger charge is -2.14. The number of rotatable bonds is 3. The van der Waals surface area contributed by atoms with Crippen LogP contribution in [-0.2, 0) is 9.84 Å². The van der Waals surface area contributed by atoms with Crippen LogP contribution in [0.2, 0.25) is 0 Å². The van der Waals surface area contributed by atoms with Crippen molar-refractivity contribution >= 4 is 20.7 Å². The Balaban J connectivity index is 1.76. The highest BCUT2D eigenvalue weighted by Crippen LogP contribution is 2.29. The van der Waals surface area contributed by atoms with Crippen LogP contribution in [0.3, 0.4) is 0 Å². The van der Waals surface area contributed by atoms with Gasteiger partial charge in [0.15, 0.2) is 9.84 Å². The Hall–Kier alpha value is -3.46. The van der Waals surface area contributed by atoms with Crippen molar-refractivity contribution in [2.24, 2.45) is 0 Å². The number of aryl methyl sites for hydroxylation is 1. The Labute approximate surface area is 178 Å². The molecule has 9 heteroatoms. The lowest BCUT2D eigenvalue weighted by Crippen LogP contribution is -2.26. The van der Waals surface area contributed by atoms with Gasteiger partial charge in [-0.3, -0.25) is 19.3 Å². The highest BCUT2D eigenvalue weighted by molar-refractivity contribution is 7.91. The summed E-state index contributed by atoms with van der Waals surface area (Å²) in [6.07, 6.45) is 6.90. The fourth-order valence-corrected chi connectivity index (χ4v) is 5.58. The molecule has 0 radical (unpaired) electrons. The largest absolute Gasteiger partial charge is 0.295 e. The summed E-state index contributed by atoms with van der Waals surface area (Å²) in [6, 6.07) is 8.75. The Morgan fingerprint density at radius 1 is 1.10 bits per heavy atom. The number of aromatic nitrogens is 5. The van der Waals surface area contributed by atoms with Gasteiger partial charge in [-0.1, -0.05) is 0 Å². The quantitative estimate of drug-likeness (QED) is 0.489. The molecular weight excluding hydrogens is 414 g/mol. The molecule has 156 valence electrons. The van der Waals surface area contributed by atoms with Crippen molar-refractivity contribution in [3.63, 3.8) is 0 Å². The molecule has 1 atom stereocenters. The molecule has 4 aromatic rings. The molecule has 0 N–H and O–H groups in total. The number of fused-ring (bicyclic) bond motifs is 1. The molecule has 1 fully saturated rings. The molecule has 1 saturated heterocycles. The monoisotopic (exact) mass is 433 g/mol. The van der Waals surface area contributed by atoms with Crippen LogP contribution in [0.5, 0.6) is 0 Å². The van der Waals surface area contributed by atoms with Crippen molar-refractivity contribution in [3.8, 4) is 22.5 Å². The number of hydrogen-bond donors (Lipinski definition) is 0. The van der Waals surface area contributed by atoms with E-state index in [1.165, 1.54) is 10.9 Å². The highest BCUT2D eigenvalue weighted by Gasteiger charge is 2.30. The predicted octanol–water partition coefficient (Wildman–Crippen LogP) is 2.58. The Bertz CT molecular complexity index is 1450. The van der Waals surface area contributed by atoms with E-state index in [2.05, 4.69) is 15.0 Å². The topological polar surface area (TPSA) is 108 Å². The first-order chi connectivity index (χ1) is 14.9. The van der Waals surface area contributed by atoms with Crippen molar-refractivity contribution in [1.29, 1.82) is 0 Å². The van der Waals surface area contributed by atoms with Crippen LogP contribution in [0.4, 0.5) is 0 Å². The Morgan fingerprint density at radius 3 is 2.65 bits per heavy atom. The lowest BCUT2D eigenvalue weighted by molar-refractivity contribution is 0.534. The molecule has 0 unspecified atom stereocenters. The summed E-state index contributed by atoms with van der Waals surface area (Å²) in [5.41, 5.74) is 3.71. The zero-order valence-corrected chi connectivity index (χ0v) is 17.6. The van der Waals surface area contributed by atoms with Crippen molar-refractivity contribution < 1.29 is 8.42 Å². The van der Waals surface area contributed by atoms with Crippen LogP contribution >= 0.6 is 0 Å².